The van der Waals surface area contributed by atoms with Crippen molar-refractivity contribution in [3.05, 3.63) is 82.1 Å². The largest absolute Gasteiger partial charge is 0.456 e. The Hall–Kier alpha value is -3.08. The molecule has 144 valence electrons. The van der Waals surface area contributed by atoms with Gasteiger partial charge in [0.05, 0.1) is 23.9 Å². The lowest BCUT2D eigenvalue weighted by Gasteiger charge is -2.33. The van der Waals surface area contributed by atoms with Crippen LogP contribution < -0.4 is 5.32 Å². The van der Waals surface area contributed by atoms with Gasteiger partial charge in [0, 0.05) is 0 Å². The Morgan fingerprint density at radius 3 is 2.39 bits per heavy atom. The molecule has 0 bridgehead atoms. The summed E-state index contributed by atoms with van der Waals surface area (Å²) in [7, 11) is 0. The molecule has 2 amide bonds. The second-order valence-corrected chi connectivity index (χ2v) is 7.71. The Morgan fingerprint density at radius 1 is 1.07 bits per heavy atom. The van der Waals surface area contributed by atoms with Gasteiger partial charge in [0.15, 0.2) is 0 Å². The first-order chi connectivity index (χ1) is 13.4. The van der Waals surface area contributed by atoms with Crippen molar-refractivity contribution in [2.45, 2.75) is 39.3 Å². The van der Waals surface area contributed by atoms with Gasteiger partial charge in [-0.05, 0) is 29.5 Å². The summed E-state index contributed by atoms with van der Waals surface area (Å²) in [6.45, 7) is 6.83. The molecule has 2 aliphatic heterocycles. The third-order valence-corrected chi connectivity index (χ3v) is 5.40. The van der Waals surface area contributed by atoms with Gasteiger partial charge in [0.25, 0.3) is 0 Å². The van der Waals surface area contributed by atoms with Gasteiger partial charge in [-0.2, -0.15) is 0 Å². The minimum Gasteiger partial charge on any atom is -0.456 e. The standard InChI is InChI=1S/C23H24N2O3/c1-14(2)17-8-10-18(11-9-17)21-20-19(13-28-22(20)26)25(23(27)24-21)12-16-6-4-15(3)5-7-16/h4-11,14,21H,12-13H2,1-3H3,(H,24,27). The fraction of sp³-hybridized carbons (Fsp3) is 0.304. The van der Waals surface area contributed by atoms with E-state index in [9.17, 15) is 9.59 Å². The average molecular weight is 376 g/mol. The van der Waals surface area contributed by atoms with Crippen LogP contribution in [0.2, 0.25) is 0 Å². The predicted octanol–water partition coefficient (Wildman–Crippen LogP) is 4.20. The predicted molar refractivity (Wildman–Crippen MR) is 107 cm³/mol. The van der Waals surface area contributed by atoms with E-state index in [1.54, 1.807) is 4.90 Å². The van der Waals surface area contributed by atoms with Crippen LogP contribution in [0.3, 0.4) is 0 Å². The first kappa shape index (κ1) is 18.3. The molecule has 28 heavy (non-hydrogen) atoms. The summed E-state index contributed by atoms with van der Waals surface area (Å²) in [6, 6.07) is 15.4. The number of carbonyl (C=O) groups is 2. The van der Waals surface area contributed by atoms with Crippen molar-refractivity contribution in [1.82, 2.24) is 10.2 Å². The number of hydrogen-bond acceptors (Lipinski definition) is 3. The van der Waals surface area contributed by atoms with Crippen LogP contribution in [-0.2, 0) is 16.1 Å². The topological polar surface area (TPSA) is 58.6 Å². The molecule has 0 aliphatic carbocycles. The van der Waals surface area contributed by atoms with E-state index in [0.29, 0.717) is 23.7 Å². The molecule has 5 nitrogen and oxygen atoms in total. The number of amides is 2. The third kappa shape index (κ3) is 3.28. The maximum atomic E-state index is 12.9. The van der Waals surface area contributed by atoms with E-state index < -0.39 is 6.04 Å². The van der Waals surface area contributed by atoms with Gasteiger partial charge < -0.3 is 10.1 Å². The molecule has 0 saturated carbocycles. The monoisotopic (exact) mass is 376 g/mol. The zero-order chi connectivity index (χ0) is 19.8. The zero-order valence-electron chi connectivity index (χ0n) is 16.4. The fourth-order valence-corrected chi connectivity index (χ4v) is 3.68. The number of carbonyl (C=O) groups excluding carboxylic acids is 2. The van der Waals surface area contributed by atoms with Gasteiger partial charge in [-0.25, -0.2) is 9.59 Å². The number of ether oxygens (including phenoxy) is 1. The van der Waals surface area contributed by atoms with Crippen molar-refractivity contribution in [2.75, 3.05) is 6.61 Å². The molecule has 2 aromatic rings. The summed E-state index contributed by atoms with van der Waals surface area (Å²) < 4.78 is 5.30. The molecule has 2 aliphatic rings. The second kappa shape index (κ2) is 7.15. The number of esters is 1. The number of rotatable bonds is 4. The normalized spacial score (nSPS) is 19.0. The Kier molecular flexibility index (Phi) is 4.67. The molecule has 0 saturated heterocycles. The molecule has 0 fully saturated rings. The van der Waals surface area contributed by atoms with Crippen molar-refractivity contribution in [2.24, 2.45) is 0 Å². The van der Waals surface area contributed by atoms with Crippen LogP contribution in [0.15, 0.2) is 59.8 Å². The van der Waals surface area contributed by atoms with Crippen LogP contribution in [0.25, 0.3) is 0 Å². The number of nitrogens with one attached hydrogen (secondary N) is 1. The molecular formula is C23H24N2O3. The van der Waals surface area contributed by atoms with Gasteiger partial charge in [0.1, 0.15) is 6.61 Å². The van der Waals surface area contributed by atoms with E-state index in [1.165, 1.54) is 5.56 Å². The van der Waals surface area contributed by atoms with E-state index in [1.807, 2.05) is 55.5 Å². The first-order valence-electron chi connectivity index (χ1n) is 9.57. The summed E-state index contributed by atoms with van der Waals surface area (Å²) in [5, 5.41) is 2.99. The van der Waals surface area contributed by atoms with Crippen LogP contribution in [-0.4, -0.2) is 23.5 Å². The van der Waals surface area contributed by atoms with E-state index >= 15 is 0 Å². The number of aryl methyl sites for hydroxylation is 1. The molecule has 2 aromatic carbocycles. The van der Waals surface area contributed by atoms with Crippen LogP contribution in [0.4, 0.5) is 4.79 Å². The average Bonchev–Trinajstić information content (AvgIpc) is 3.07. The Bertz CT molecular complexity index is 943. The summed E-state index contributed by atoms with van der Waals surface area (Å²) >= 11 is 0. The molecule has 0 spiro atoms. The zero-order valence-corrected chi connectivity index (χ0v) is 16.4. The maximum absolute atomic E-state index is 12.9. The van der Waals surface area contributed by atoms with E-state index in [-0.39, 0.29) is 18.6 Å². The molecule has 0 radical (unpaired) electrons. The quantitative estimate of drug-likeness (QED) is 0.814. The molecule has 4 rings (SSSR count). The highest BCUT2D eigenvalue weighted by atomic mass is 16.5. The SMILES string of the molecule is Cc1ccc(CN2C(=O)NC(c3ccc(C(C)C)cc3)C3=C2COC3=O)cc1. The second-order valence-electron chi connectivity index (χ2n) is 7.71. The van der Waals surface area contributed by atoms with Gasteiger partial charge >= 0.3 is 12.0 Å². The lowest BCUT2D eigenvalue weighted by molar-refractivity contribution is -0.136. The van der Waals surface area contributed by atoms with Gasteiger partial charge in [-0.3, -0.25) is 4.90 Å². The van der Waals surface area contributed by atoms with Crippen LogP contribution in [0.5, 0.6) is 0 Å². The summed E-state index contributed by atoms with van der Waals surface area (Å²) in [5.41, 5.74) is 5.47. The fourth-order valence-electron chi connectivity index (χ4n) is 3.68. The molecular weight excluding hydrogens is 352 g/mol. The van der Waals surface area contributed by atoms with Gasteiger partial charge in [-0.1, -0.05) is 67.9 Å². The molecule has 2 heterocycles. The number of benzene rings is 2. The first-order valence-corrected chi connectivity index (χ1v) is 9.57. The minimum atomic E-state index is -0.479. The highest BCUT2D eigenvalue weighted by molar-refractivity contribution is 5.97. The Balaban J connectivity index is 1.67. The molecule has 1 atom stereocenters. The van der Waals surface area contributed by atoms with Crippen molar-refractivity contribution in [3.63, 3.8) is 0 Å². The van der Waals surface area contributed by atoms with Gasteiger partial charge in [0.2, 0.25) is 0 Å². The van der Waals surface area contributed by atoms with E-state index in [4.69, 9.17) is 4.74 Å². The summed E-state index contributed by atoms with van der Waals surface area (Å²) in [6.07, 6.45) is 0. The van der Waals surface area contributed by atoms with Gasteiger partial charge in [-0.15, -0.1) is 0 Å². The molecule has 1 unspecified atom stereocenters. The lowest BCUT2D eigenvalue weighted by Crippen LogP contribution is -2.46. The van der Waals surface area contributed by atoms with Crippen molar-refractivity contribution >= 4 is 12.0 Å². The number of hydrogen-bond donors (Lipinski definition) is 1. The smallest absolute Gasteiger partial charge is 0.338 e. The highest BCUT2D eigenvalue weighted by Gasteiger charge is 2.42. The minimum absolute atomic E-state index is 0.133. The summed E-state index contributed by atoms with van der Waals surface area (Å²) in [5.74, 6) is 0.0630. The van der Waals surface area contributed by atoms with Crippen LogP contribution >= 0.6 is 0 Å². The van der Waals surface area contributed by atoms with Crippen molar-refractivity contribution in [3.8, 4) is 0 Å². The van der Waals surface area contributed by atoms with Crippen LogP contribution in [0, 0.1) is 6.92 Å². The van der Waals surface area contributed by atoms with Crippen molar-refractivity contribution in [1.29, 1.82) is 0 Å². The van der Waals surface area contributed by atoms with Crippen molar-refractivity contribution < 1.29 is 14.3 Å². The van der Waals surface area contributed by atoms with E-state index in [0.717, 1.165) is 16.7 Å². The molecule has 5 heteroatoms. The number of cyclic esters (lactones) is 1. The summed E-state index contributed by atoms with van der Waals surface area (Å²) in [4.78, 5) is 27.0. The number of nitrogens with zero attached hydrogens (tertiary/aromatic N) is 1. The van der Waals surface area contributed by atoms with Crippen LogP contribution in [0.1, 0.15) is 48.1 Å². The molecule has 1 N–H and O–H groups in total. The number of urea groups is 1. The third-order valence-electron chi connectivity index (χ3n) is 5.40. The highest BCUT2D eigenvalue weighted by Crippen LogP contribution is 2.36. The Labute approximate surface area is 165 Å². The maximum Gasteiger partial charge on any atom is 0.338 e. The lowest BCUT2D eigenvalue weighted by atomic mass is 9.93. The van der Waals surface area contributed by atoms with E-state index in [2.05, 4.69) is 19.2 Å². The molecule has 0 aromatic heterocycles. The Morgan fingerprint density at radius 2 is 1.75 bits per heavy atom.